The van der Waals surface area contributed by atoms with Crippen LogP contribution in [0.4, 0.5) is 0 Å². The lowest BCUT2D eigenvalue weighted by atomic mass is 9.98. The van der Waals surface area contributed by atoms with Gasteiger partial charge in [-0.25, -0.2) is 0 Å². The van der Waals surface area contributed by atoms with E-state index >= 15 is 0 Å². The summed E-state index contributed by atoms with van der Waals surface area (Å²) in [5.74, 6) is 0.644. The second-order valence-corrected chi connectivity index (χ2v) is 6.68. The van der Waals surface area contributed by atoms with Crippen molar-refractivity contribution in [1.82, 2.24) is 10.9 Å². The number of unbranched alkanes of at least 4 members (excludes halogenated alkanes) is 1. The van der Waals surface area contributed by atoms with Gasteiger partial charge in [0.05, 0.1) is 0 Å². The summed E-state index contributed by atoms with van der Waals surface area (Å²) in [5, 5.41) is 0. The predicted octanol–water partition coefficient (Wildman–Crippen LogP) is 5.34. The molecule has 2 aromatic rings. The van der Waals surface area contributed by atoms with E-state index in [2.05, 4.69) is 80.2 Å². The molecule has 24 heavy (non-hydrogen) atoms. The van der Waals surface area contributed by atoms with Crippen molar-refractivity contribution in [2.24, 2.45) is 0 Å². The number of hydrazine groups is 1. The van der Waals surface area contributed by atoms with Gasteiger partial charge in [-0.1, -0.05) is 75.7 Å². The van der Waals surface area contributed by atoms with Gasteiger partial charge >= 0.3 is 0 Å². The van der Waals surface area contributed by atoms with Gasteiger partial charge < -0.3 is 0 Å². The molecule has 0 aliphatic rings. The van der Waals surface area contributed by atoms with E-state index < -0.39 is 0 Å². The molecule has 0 aliphatic carbocycles. The van der Waals surface area contributed by atoms with Crippen molar-refractivity contribution in [3.63, 3.8) is 0 Å². The Morgan fingerprint density at radius 2 is 1.25 bits per heavy atom. The van der Waals surface area contributed by atoms with E-state index in [4.69, 9.17) is 0 Å². The summed E-state index contributed by atoms with van der Waals surface area (Å²) in [6, 6.07) is 17.9. The van der Waals surface area contributed by atoms with Crippen LogP contribution in [0.15, 0.2) is 48.5 Å². The lowest BCUT2D eigenvalue weighted by molar-refractivity contribution is 0.529. The summed E-state index contributed by atoms with van der Waals surface area (Å²) in [7, 11) is 0. The van der Waals surface area contributed by atoms with E-state index in [0.29, 0.717) is 5.92 Å². The zero-order valence-electron chi connectivity index (χ0n) is 15.4. The Bertz CT molecular complexity index is 572. The average molecular weight is 325 g/mol. The first-order chi connectivity index (χ1) is 11.7. The Morgan fingerprint density at radius 1 is 0.750 bits per heavy atom. The quantitative estimate of drug-likeness (QED) is 0.455. The molecule has 0 radical (unpaired) electrons. The number of rotatable bonds is 10. The maximum absolute atomic E-state index is 3.31. The number of nitrogens with one attached hydrogen (secondary N) is 2. The van der Waals surface area contributed by atoms with Gasteiger partial charge in [0.25, 0.3) is 0 Å². The minimum atomic E-state index is 0.644. The molecule has 2 aromatic carbocycles. The Kier molecular flexibility index (Phi) is 8.00. The molecule has 0 aliphatic heterocycles. The lowest BCUT2D eigenvalue weighted by Gasteiger charge is -2.11. The zero-order valence-corrected chi connectivity index (χ0v) is 15.4. The third-order valence-corrected chi connectivity index (χ3v) is 4.71. The Morgan fingerprint density at radius 3 is 1.75 bits per heavy atom. The fraction of sp³-hybridized carbons (Fsp3) is 0.455. The standard InChI is InChI=1S/C22H32N2/c1-4-6-7-19-8-10-20(11-9-19)16-23-24-17-21-12-14-22(15-13-21)18(3)5-2/h8-15,18,23-24H,4-7,16-17H2,1-3H3. The summed E-state index contributed by atoms with van der Waals surface area (Å²) in [5.41, 5.74) is 12.1. The summed E-state index contributed by atoms with van der Waals surface area (Å²) < 4.78 is 0. The summed E-state index contributed by atoms with van der Waals surface area (Å²) in [6.45, 7) is 8.44. The van der Waals surface area contributed by atoms with Crippen molar-refractivity contribution in [2.75, 3.05) is 0 Å². The molecule has 0 aromatic heterocycles. The van der Waals surface area contributed by atoms with Crippen LogP contribution in [0.2, 0.25) is 0 Å². The molecule has 0 heterocycles. The second kappa shape index (κ2) is 10.3. The maximum Gasteiger partial charge on any atom is 0.0351 e. The molecule has 2 heteroatoms. The van der Waals surface area contributed by atoms with Gasteiger partial charge in [0.15, 0.2) is 0 Å². The molecule has 130 valence electrons. The summed E-state index contributed by atoms with van der Waals surface area (Å²) in [6.07, 6.45) is 4.91. The molecule has 0 saturated carbocycles. The van der Waals surface area contributed by atoms with Gasteiger partial charge in [-0.05, 0) is 47.4 Å². The smallest absolute Gasteiger partial charge is 0.0351 e. The van der Waals surface area contributed by atoms with Crippen LogP contribution in [0, 0.1) is 0 Å². The van der Waals surface area contributed by atoms with Crippen LogP contribution in [-0.2, 0) is 19.5 Å². The molecule has 0 fully saturated rings. The molecule has 2 nitrogen and oxygen atoms in total. The number of hydrogen-bond donors (Lipinski definition) is 2. The van der Waals surface area contributed by atoms with E-state index in [1.165, 1.54) is 47.9 Å². The topological polar surface area (TPSA) is 24.1 Å². The van der Waals surface area contributed by atoms with Crippen molar-refractivity contribution < 1.29 is 0 Å². The van der Waals surface area contributed by atoms with Crippen molar-refractivity contribution >= 4 is 0 Å². The van der Waals surface area contributed by atoms with Crippen LogP contribution in [0.5, 0.6) is 0 Å². The maximum atomic E-state index is 3.31. The van der Waals surface area contributed by atoms with E-state index in [0.717, 1.165) is 13.1 Å². The fourth-order valence-electron chi connectivity index (χ4n) is 2.73. The minimum absolute atomic E-state index is 0.644. The molecule has 1 unspecified atom stereocenters. The molecule has 2 N–H and O–H groups in total. The van der Waals surface area contributed by atoms with E-state index in [1.807, 2.05) is 0 Å². The van der Waals surface area contributed by atoms with E-state index in [1.54, 1.807) is 0 Å². The molecule has 2 rings (SSSR count). The third-order valence-electron chi connectivity index (χ3n) is 4.71. The first-order valence-electron chi connectivity index (χ1n) is 9.35. The molecule has 0 spiro atoms. The van der Waals surface area contributed by atoms with Crippen molar-refractivity contribution in [3.05, 3.63) is 70.8 Å². The predicted molar refractivity (Wildman–Crippen MR) is 104 cm³/mol. The van der Waals surface area contributed by atoms with Gasteiger partial charge in [-0.2, -0.15) is 0 Å². The van der Waals surface area contributed by atoms with Gasteiger partial charge in [0.1, 0.15) is 0 Å². The Balaban J connectivity index is 1.70. The molecular formula is C22H32N2. The van der Waals surface area contributed by atoms with Crippen LogP contribution < -0.4 is 10.9 Å². The lowest BCUT2D eigenvalue weighted by Crippen LogP contribution is -2.30. The largest absolute Gasteiger partial charge is 0.253 e. The van der Waals surface area contributed by atoms with Crippen molar-refractivity contribution in [2.45, 2.75) is 65.5 Å². The van der Waals surface area contributed by atoms with E-state index in [9.17, 15) is 0 Å². The summed E-state index contributed by atoms with van der Waals surface area (Å²) >= 11 is 0. The molecule has 0 bridgehead atoms. The highest BCUT2D eigenvalue weighted by atomic mass is 15.3. The Hall–Kier alpha value is -1.64. The van der Waals surface area contributed by atoms with Crippen LogP contribution in [0.1, 0.15) is 68.2 Å². The average Bonchev–Trinajstić information content (AvgIpc) is 2.64. The van der Waals surface area contributed by atoms with Crippen LogP contribution in [0.25, 0.3) is 0 Å². The van der Waals surface area contributed by atoms with Crippen LogP contribution in [0.3, 0.4) is 0 Å². The third kappa shape index (κ3) is 6.10. The van der Waals surface area contributed by atoms with E-state index in [-0.39, 0.29) is 0 Å². The van der Waals surface area contributed by atoms with Gasteiger partial charge in [0, 0.05) is 13.1 Å². The first kappa shape index (κ1) is 18.7. The molecule has 0 saturated heterocycles. The second-order valence-electron chi connectivity index (χ2n) is 6.68. The van der Waals surface area contributed by atoms with Crippen LogP contribution in [-0.4, -0.2) is 0 Å². The van der Waals surface area contributed by atoms with Crippen molar-refractivity contribution in [1.29, 1.82) is 0 Å². The van der Waals surface area contributed by atoms with Gasteiger partial charge in [-0.3, -0.25) is 10.9 Å². The normalized spacial score (nSPS) is 12.3. The van der Waals surface area contributed by atoms with Gasteiger partial charge in [0.2, 0.25) is 0 Å². The highest BCUT2D eigenvalue weighted by molar-refractivity contribution is 5.25. The van der Waals surface area contributed by atoms with Gasteiger partial charge in [-0.15, -0.1) is 0 Å². The SMILES string of the molecule is CCCCc1ccc(CNNCc2ccc(C(C)CC)cc2)cc1. The fourth-order valence-corrected chi connectivity index (χ4v) is 2.73. The minimum Gasteiger partial charge on any atom is -0.253 e. The zero-order chi connectivity index (χ0) is 17.2. The highest BCUT2D eigenvalue weighted by Gasteiger charge is 2.02. The van der Waals surface area contributed by atoms with Crippen molar-refractivity contribution in [3.8, 4) is 0 Å². The molecule has 0 amide bonds. The number of benzene rings is 2. The number of hydrogen-bond acceptors (Lipinski definition) is 2. The first-order valence-corrected chi connectivity index (χ1v) is 9.35. The number of aryl methyl sites for hydroxylation is 1. The molecule has 1 atom stereocenters. The monoisotopic (exact) mass is 324 g/mol. The Labute approximate surface area is 147 Å². The summed E-state index contributed by atoms with van der Waals surface area (Å²) in [4.78, 5) is 0. The highest BCUT2D eigenvalue weighted by Crippen LogP contribution is 2.18. The van der Waals surface area contributed by atoms with Crippen LogP contribution >= 0.6 is 0 Å². The molecular weight excluding hydrogens is 292 g/mol.